The fourth-order valence-electron chi connectivity index (χ4n) is 2.44. The first-order chi connectivity index (χ1) is 12.2. The van der Waals surface area contributed by atoms with Gasteiger partial charge < -0.3 is 13.7 Å². The Balaban J connectivity index is 1.83. The van der Waals surface area contributed by atoms with Gasteiger partial charge in [-0.3, -0.25) is 4.79 Å². The highest BCUT2D eigenvalue weighted by atomic mass is 19.4. The van der Waals surface area contributed by atoms with E-state index in [4.69, 9.17) is 9.15 Å². The Morgan fingerprint density at radius 3 is 2.54 bits per heavy atom. The van der Waals surface area contributed by atoms with Crippen LogP contribution in [0.2, 0.25) is 0 Å². The summed E-state index contributed by atoms with van der Waals surface area (Å²) in [6, 6.07) is 4.25. The molecule has 0 amide bonds. The van der Waals surface area contributed by atoms with Crippen LogP contribution in [-0.2, 0) is 24.6 Å². The van der Waals surface area contributed by atoms with Crippen molar-refractivity contribution in [3.05, 3.63) is 63.4 Å². The first kappa shape index (κ1) is 17.7. The second-order valence-corrected chi connectivity index (χ2v) is 5.64. The second-order valence-electron chi connectivity index (χ2n) is 5.64. The van der Waals surface area contributed by atoms with Crippen LogP contribution < -0.4 is 5.56 Å². The van der Waals surface area contributed by atoms with Gasteiger partial charge in [0.05, 0.1) is 5.56 Å². The van der Waals surface area contributed by atoms with Gasteiger partial charge in [0.15, 0.2) is 0 Å². The highest BCUT2D eigenvalue weighted by Gasteiger charge is 2.30. The molecule has 0 radical (unpaired) electrons. The van der Waals surface area contributed by atoms with Crippen LogP contribution in [0.1, 0.15) is 27.2 Å². The van der Waals surface area contributed by atoms with E-state index in [1.54, 1.807) is 0 Å². The molecule has 0 N–H and O–H groups in total. The lowest BCUT2D eigenvalue weighted by Crippen LogP contribution is -2.19. The van der Waals surface area contributed by atoms with Gasteiger partial charge in [0.25, 0.3) is 5.56 Å². The molecular weight excluding hydrogens is 353 g/mol. The van der Waals surface area contributed by atoms with Crippen LogP contribution >= 0.6 is 0 Å². The molecule has 136 valence electrons. The number of esters is 1. The third-order valence-corrected chi connectivity index (χ3v) is 3.80. The molecule has 3 rings (SSSR count). The fraction of sp³-hybridized carbons (Fsp3) is 0.235. The number of aryl methyl sites for hydroxylation is 2. The Labute approximate surface area is 144 Å². The van der Waals surface area contributed by atoms with Crippen molar-refractivity contribution in [3.63, 3.8) is 0 Å². The van der Waals surface area contributed by atoms with Gasteiger partial charge in [-0.2, -0.15) is 13.2 Å². The average molecular weight is 366 g/mol. The predicted molar refractivity (Wildman–Crippen MR) is 84.6 cm³/mol. The number of benzene rings is 1. The molecule has 9 heteroatoms. The molecule has 0 aliphatic rings. The standard InChI is InChI=1S/C17H13F3N2O4/c1-9-12(13-14(26-9)21-8-22(2)15(13)23)16(24)25-7-10-3-5-11(6-4-10)17(18,19)20/h3-6,8H,7H2,1-2H3. The summed E-state index contributed by atoms with van der Waals surface area (Å²) in [6.07, 6.45) is -3.17. The number of ether oxygens (including phenoxy) is 1. The van der Waals surface area contributed by atoms with Crippen LogP contribution in [0.4, 0.5) is 13.2 Å². The topological polar surface area (TPSA) is 74.3 Å². The predicted octanol–water partition coefficient (Wildman–Crippen LogP) is 3.21. The number of hydrogen-bond donors (Lipinski definition) is 0. The number of nitrogens with zero attached hydrogens (tertiary/aromatic N) is 2. The molecule has 0 spiro atoms. The maximum absolute atomic E-state index is 12.5. The lowest BCUT2D eigenvalue weighted by molar-refractivity contribution is -0.137. The Bertz CT molecular complexity index is 1030. The summed E-state index contributed by atoms with van der Waals surface area (Å²) in [5.41, 5.74) is -0.900. The minimum Gasteiger partial charge on any atom is -0.457 e. The molecule has 0 saturated heterocycles. The third kappa shape index (κ3) is 3.19. The zero-order valence-corrected chi connectivity index (χ0v) is 13.8. The van der Waals surface area contributed by atoms with E-state index in [0.29, 0.717) is 5.56 Å². The Kier molecular flexibility index (Phi) is 4.31. The summed E-state index contributed by atoms with van der Waals surface area (Å²) in [5.74, 6) is -0.639. The van der Waals surface area contributed by atoms with Crippen LogP contribution in [0, 0.1) is 6.92 Å². The van der Waals surface area contributed by atoms with Crippen molar-refractivity contribution in [2.24, 2.45) is 7.05 Å². The number of halogens is 3. The molecule has 0 saturated carbocycles. The van der Waals surface area contributed by atoms with Crippen molar-refractivity contribution in [3.8, 4) is 0 Å². The van der Waals surface area contributed by atoms with Gasteiger partial charge >= 0.3 is 12.1 Å². The summed E-state index contributed by atoms with van der Waals surface area (Å²) in [7, 11) is 1.48. The Hall–Kier alpha value is -3.10. The van der Waals surface area contributed by atoms with E-state index in [1.165, 1.54) is 37.0 Å². The van der Waals surface area contributed by atoms with Gasteiger partial charge in [-0.15, -0.1) is 0 Å². The summed E-state index contributed by atoms with van der Waals surface area (Å²) in [5, 5.41) is 0.00455. The molecule has 0 fully saturated rings. The molecule has 6 nitrogen and oxygen atoms in total. The molecular formula is C17H13F3N2O4. The smallest absolute Gasteiger partial charge is 0.416 e. The van der Waals surface area contributed by atoms with E-state index in [9.17, 15) is 22.8 Å². The Morgan fingerprint density at radius 2 is 1.92 bits per heavy atom. The summed E-state index contributed by atoms with van der Waals surface area (Å²) < 4.78 is 49.3. The van der Waals surface area contributed by atoms with Crippen LogP contribution in [-0.4, -0.2) is 15.5 Å². The van der Waals surface area contributed by atoms with E-state index in [1.807, 2.05) is 0 Å². The quantitative estimate of drug-likeness (QED) is 0.666. The number of aromatic nitrogens is 2. The van der Waals surface area contributed by atoms with Crippen LogP contribution in [0.15, 0.2) is 39.8 Å². The van der Waals surface area contributed by atoms with E-state index in [-0.39, 0.29) is 29.0 Å². The second kappa shape index (κ2) is 6.32. The summed E-state index contributed by atoms with van der Waals surface area (Å²) in [4.78, 5) is 28.5. The number of furan rings is 1. The van der Waals surface area contributed by atoms with Gasteiger partial charge in [0, 0.05) is 7.05 Å². The molecule has 0 aliphatic carbocycles. The zero-order chi connectivity index (χ0) is 19.1. The molecule has 3 aromatic rings. The van der Waals surface area contributed by atoms with Gasteiger partial charge in [0.1, 0.15) is 29.6 Å². The highest BCUT2D eigenvalue weighted by molar-refractivity contribution is 6.03. The maximum atomic E-state index is 12.5. The zero-order valence-electron chi connectivity index (χ0n) is 13.8. The normalized spacial score (nSPS) is 11.7. The molecule has 0 aliphatic heterocycles. The molecule has 0 bridgehead atoms. The third-order valence-electron chi connectivity index (χ3n) is 3.80. The van der Waals surface area contributed by atoms with Crippen molar-refractivity contribution in [1.82, 2.24) is 9.55 Å². The lowest BCUT2D eigenvalue weighted by atomic mass is 10.1. The molecule has 2 aromatic heterocycles. The fourth-order valence-corrected chi connectivity index (χ4v) is 2.44. The molecule has 26 heavy (non-hydrogen) atoms. The van der Waals surface area contributed by atoms with E-state index >= 15 is 0 Å². The van der Waals surface area contributed by atoms with Crippen LogP contribution in [0.5, 0.6) is 0 Å². The number of hydrogen-bond acceptors (Lipinski definition) is 5. The highest BCUT2D eigenvalue weighted by Crippen LogP contribution is 2.29. The van der Waals surface area contributed by atoms with Crippen molar-refractivity contribution >= 4 is 17.1 Å². The molecule has 0 atom stereocenters. The minimum atomic E-state index is -4.44. The maximum Gasteiger partial charge on any atom is 0.416 e. The SMILES string of the molecule is Cc1oc2ncn(C)c(=O)c2c1C(=O)OCc1ccc(C(F)(F)F)cc1. The van der Waals surface area contributed by atoms with Gasteiger partial charge in [-0.1, -0.05) is 12.1 Å². The molecule has 0 unspecified atom stereocenters. The van der Waals surface area contributed by atoms with Crippen molar-refractivity contribution in [1.29, 1.82) is 0 Å². The van der Waals surface area contributed by atoms with Crippen molar-refractivity contribution in [2.75, 3.05) is 0 Å². The Morgan fingerprint density at radius 1 is 1.27 bits per heavy atom. The van der Waals surface area contributed by atoms with Gasteiger partial charge in [-0.05, 0) is 24.6 Å². The van der Waals surface area contributed by atoms with Crippen molar-refractivity contribution < 1.29 is 27.1 Å². The summed E-state index contributed by atoms with van der Waals surface area (Å²) in [6.45, 7) is 1.25. The lowest BCUT2D eigenvalue weighted by Gasteiger charge is -2.08. The first-order valence-corrected chi connectivity index (χ1v) is 7.46. The van der Waals surface area contributed by atoms with Crippen molar-refractivity contribution in [2.45, 2.75) is 19.7 Å². The molecule has 2 heterocycles. The van der Waals surface area contributed by atoms with Gasteiger partial charge in [0.2, 0.25) is 5.71 Å². The van der Waals surface area contributed by atoms with Crippen LogP contribution in [0.3, 0.4) is 0 Å². The van der Waals surface area contributed by atoms with E-state index in [2.05, 4.69) is 4.98 Å². The van der Waals surface area contributed by atoms with E-state index in [0.717, 1.165) is 12.1 Å². The number of carbonyl (C=O) groups excluding carboxylic acids is 1. The van der Waals surface area contributed by atoms with Crippen LogP contribution in [0.25, 0.3) is 11.1 Å². The largest absolute Gasteiger partial charge is 0.457 e. The molecule has 1 aromatic carbocycles. The average Bonchev–Trinajstić information content (AvgIpc) is 2.92. The first-order valence-electron chi connectivity index (χ1n) is 7.46. The monoisotopic (exact) mass is 366 g/mol. The number of alkyl halides is 3. The van der Waals surface area contributed by atoms with E-state index < -0.39 is 23.3 Å². The number of rotatable bonds is 3. The summed E-state index contributed by atoms with van der Waals surface area (Å²) >= 11 is 0. The minimum absolute atomic E-state index is 0.00455. The number of carbonyl (C=O) groups is 1. The van der Waals surface area contributed by atoms with Gasteiger partial charge in [-0.25, -0.2) is 9.78 Å². The number of fused-ring (bicyclic) bond motifs is 1.